The van der Waals surface area contributed by atoms with Crippen molar-refractivity contribution in [3.63, 3.8) is 0 Å². The van der Waals surface area contributed by atoms with Crippen LogP contribution in [0, 0.1) is 0 Å². The summed E-state index contributed by atoms with van der Waals surface area (Å²) in [6, 6.07) is 9.79. The first-order valence-corrected chi connectivity index (χ1v) is 11.1. The van der Waals surface area contributed by atoms with Gasteiger partial charge in [0, 0.05) is 36.2 Å². The summed E-state index contributed by atoms with van der Waals surface area (Å²) >= 11 is 3.84. The van der Waals surface area contributed by atoms with Gasteiger partial charge in [-0.3, -0.25) is 14.7 Å². The number of thioether (sulfide) groups is 2. The third-order valence-electron chi connectivity index (χ3n) is 3.79. The molecule has 136 valence electrons. The highest BCUT2D eigenvalue weighted by atomic mass is 32.2. The number of hydrogen-bond acceptors (Lipinski definition) is 5. The van der Waals surface area contributed by atoms with Gasteiger partial charge in [-0.25, -0.2) is 0 Å². The number of nitrogens with one attached hydrogen (secondary N) is 1. The van der Waals surface area contributed by atoms with Crippen LogP contribution in [-0.4, -0.2) is 58.4 Å². The van der Waals surface area contributed by atoms with E-state index in [1.807, 2.05) is 53.9 Å². The number of benzene rings is 1. The van der Waals surface area contributed by atoms with E-state index in [-0.39, 0.29) is 5.91 Å². The van der Waals surface area contributed by atoms with E-state index in [4.69, 9.17) is 0 Å². The smallest absolute Gasteiger partial charge is 0.238 e. The van der Waals surface area contributed by atoms with Crippen molar-refractivity contribution in [3.05, 3.63) is 36.5 Å². The van der Waals surface area contributed by atoms with Gasteiger partial charge >= 0.3 is 0 Å². The molecule has 1 amide bonds. The minimum atomic E-state index is 0.0288. The van der Waals surface area contributed by atoms with Gasteiger partial charge in [0.25, 0.3) is 0 Å². The van der Waals surface area contributed by atoms with Crippen molar-refractivity contribution in [1.82, 2.24) is 9.88 Å². The van der Waals surface area contributed by atoms with Crippen LogP contribution < -0.4 is 5.32 Å². The second kappa shape index (κ2) is 11.4. The molecule has 0 aliphatic heterocycles. The molecule has 0 spiro atoms. The maximum atomic E-state index is 12.5. The van der Waals surface area contributed by atoms with Crippen molar-refractivity contribution in [2.75, 3.05) is 48.0 Å². The zero-order valence-electron chi connectivity index (χ0n) is 15.0. The monoisotopic (exact) mass is 377 g/mol. The van der Waals surface area contributed by atoms with E-state index < -0.39 is 0 Å². The van der Waals surface area contributed by atoms with Gasteiger partial charge in [0.1, 0.15) is 0 Å². The minimum absolute atomic E-state index is 0.0288. The molecular formula is C19H27N3OS2. The highest BCUT2D eigenvalue weighted by Crippen LogP contribution is 2.20. The molecular weight excluding hydrogens is 350 g/mol. The molecule has 1 aromatic carbocycles. The summed E-state index contributed by atoms with van der Waals surface area (Å²) in [5, 5.41) is 4.08. The van der Waals surface area contributed by atoms with E-state index in [9.17, 15) is 4.79 Å². The number of rotatable bonds is 11. The Morgan fingerprint density at radius 2 is 1.76 bits per heavy atom. The number of anilines is 1. The first kappa shape index (κ1) is 20.1. The zero-order chi connectivity index (χ0) is 17.9. The normalized spacial score (nSPS) is 11.2. The molecule has 1 heterocycles. The van der Waals surface area contributed by atoms with Crippen molar-refractivity contribution in [2.45, 2.75) is 13.8 Å². The van der Waals surface area contributed by atoms with E-state index >= 15 is 0 Å². The second-order valence-corrected chi connectivity index (χ2v) is 8.39. The largest absolute Gasteiger partial charge is 0.323 e. The Hall–Kier alpha value is -1.24. The number of pyridine rings is 1. The van der Waals surface area contributed by atoms with Gasteiger partial charge in [0.2, 0.25) is 5.91 Å². The van der Waals surface area contributed by atoms with Crippen LogP contribution in [-0.2, 0) is 4.79 Å². The number of fused-ring (bicyclic) bond motifs is 1. The molecule has 2 rings (SSSR count). The minimum Gasteiger partial charge on any atom is -0.323 e. The zero-order valence-corrected chi connectivity index (χ0v) is 16.7. The van der Waals surface area contributed by atoms with Crippen molar-refractivity contribution in [3.8, 4) is 0 Å². The van der Waals surface area contributed by atoms with Gasteiger partial charge < -0.3 is 5.32 Å². The first-order valence-electron chi connectivity index (χ1n) is 8.76. The van der Waals surface area contributed by atoms with E-state index in [0.29, 0.717) is 6.54 Å². The molecule has 1 aromatic heterocycles. The number of para-hydroxylation sites is 1. The first-order chi connectivity index (χ1) is 12.2. The van der Waals surface area contributed by atoms with Crippen LogP contribution in [0.25, 0.3) is 10.9 Å². The average Bonchev–Trinajstić information content (AvgIpc) is 2.62. The van der Waals surface area contributed by atoms with Gasteiger partial charge in [-0.15, -0.1) is 0 Å². The Balaban J connectivity index is 1.96. The molecule has 0 bridgehead atoms. The predicted octanol–water partition coefficient (Wildman–Crippen LogP) is 3.98. The SMILES string of the molecule is CCSCCN(CCSCC)CC(=O)Nc1cccc2cccnc12. The fraction of sp³-hybridized carbons (Fsp3) is 0.474. The van der Waals surface area contributed by atoms with Crippen LogP contribution in [0.1, 0.15) is 13.8 Å². The molecule has 4 nitrogen and oxygen atoms in total. The molecule has 0 fully saturated rings. The van der Waals surface area contributed by atoms with Crippen molar-refractivity contribution in [1.29, 1.82) is 0 Å². The molecule has 0 atom stereocenters. The fourth-order valence-corrected chi connectivity index (χ4v) is 3.90. The maximum Gasteiger partial charge on any atom is 0.238 e. The lowest BCUT2D eigenvalue weighted by atomic mass is 10.2. The number of hydrogen-bond donors (Lipinski definition) is 1. The number of nitrogens with zero attached hydrogens (tertiary/aromatic N) is 2. The number of amides is 1. The summed E-state index contributed by atoms with van der Waals surface area (Å²) in [5.74, 6) is 4.39. The topological polar surface area (TPSA) is 45.2 Å². The third-order valence-corrected chi connectivity index (χ3v) is 5.54. The van der Waals surface area contributed by atoms with Crippen LogP contribution in [0.5, 0.6) is 0 Å². The lowest BCUT2D eigenvalue weighted by Crippen LogP contribution is -2.36. The van der Waals surface area contributed by atoms with Crippen LogP contribution in [0.2, 0.25) is 0 Å². The Morgan fingerprint density at radius 3 is 2.44 bits per heavy atom. The summed E-state index contributed by atoms with van der Waals surface area (Å²) in [5.41, 5.74) is 1.63. The van der Waals surface area contributed by atoms with Gasteiger partial charge in [-0.2, -0.15) is 23.5 Å². The summed E-state index contributed by atoms with van der Waals surface area (Å²) in [6.07, 6.45) is 1.76. The standard InChI is InChI=1S/C19H27N3OS2/c1-3-24-13-11-22(12-14-25-4-2)15-18(23)21-17-9-5-7-16-8-6-10-20-19(16)17/h5-10H,3-4,11-15H2,1-2H3,(H,21,23). The molecule has 0 aliphatic carbocycles. The number of aromatic nitrogens is 1. The summed E-state index contributed by atoms with van der Waals surface area (Å²) in [6.45, 7) is 6.66. The molecule has 0 radical (unpaired) electrons. The van der Waals surface area contributed by atoms with Crippen molar-refractivity contribution in [2.24, 2.45) is 0 Å². The molecule has 0 aliphatic rings. The van der Waals surface area contributed by atoms with Crippen LogP contribution in [0.15, 0.2) is 36.5 Å². The van der Waals surface area contributed by atoms with E-state index in [1.54, 1.807) is 6.20 Å². The number of carbonyl (C=O) groups excluding carboxylic acids is 1. The van der Waals surface area contributed by atoms with Gasteiger partial charge in [-0.05, 0) is 23.6 Å². The van der Waals surface area contributed by atoms with E-state index in [1.165, 1.54) is 0 Å². The fourth-order valence-electron chi connectivity index (χ4n) is 2.54. The van der Waals surface area contributed by atoms with Crippen LogP contribution >= 0.6 is 23.5 Å². The maximum absolute atomic E-state index is 12.5. The third kappa shape index (κ3) is 6.88. The van der Waals surface area contributed by atoms with Gasteiger partial charge in [-0.1, -0.05) is 32.0 Å². The van der Waals surface area contributed by atoms with Gasteiger partial charge in [0.05, 0.1) is 17.7 Å². The molecule has 0 unspecified atom stereocenters. The average molecular weight is 378 g/mol. The quantitative estimate of drug-likeness (QED) is 0.600. The summed E-state index contributed by atoms with van der Waals surface area (Å²) in [4.78, 5) is 19.2. The predicted molar refractivity (Wildman–Crippen MR) is 113 cm³/mol. The lowest BCUT2D eigenvalue weighted by Gasteiger charge is -2.21. The molecule has 2 aromatic rings. The number of carbonyl (C=O) groups is 1. The molecule has 0 saturated heterocycles. The van der Waals surface area contributed by atoms with Crippen molar-refractivity contribution >= 4 is 46.0 Å². The highest BCUT2D eigenvalue weighted by Gasteiger charge is 2.12. The van der Waals surface area contributed by atoms with Gasteiger partial charge in [0.15, 0.2) is 0 Å². The van der Waals surface area contributed by atoms with Crippen molar-refractivity contribution < 1.29 is 4.79 Å². The summed E-state index contributed by atoms with van der Waals surface area (Å²) < 4.78 is 0. The summed E-state index contributed by atoms with van der Waals surface area (Å²) in [7, 11) is 0. The van der Waals surface area contributed by atoms with Crippen LogP contribution in [0.4, 0.5) is 5.69 Å². The molecule has 0 saturated carbocycles. The lowest BCUT2D eigenvalue weighted by molar-refractivity contribution is -0.117. The molecule has 6 heteroatoms. The Bertz CT molecular complexity index is 651. The van der Waals surface area contributed by atoms with Crippen LogP contribution in [0.3, 0.4) is 0 Å². The highest BCUT2D eigenvalue weighted by molar-refractivity contribution is 7.99. The Labute approximate surface area is 159 Å². The van der Waals surface area contributed by atoms with E-state index in [2.05, 4.69) is 29.0 Å². The second-order valence-electron chi connectivity index (χ2n) is 5.60. The van der Waals surface area contributed by atoms with E-state index in [0.717, 1.165) is 52.7 Å². The molecule has 25 heavy (non-hydrogen) atoms. The Kier molecular flexibility index (Phi) is 9.15. The Morgan fingerprint density at radius 1 is 1.08 bits per heavy atom. The molecule has 1 N–H and O–H groups in total.